The van der Waals surface area contributed by atoms with E-state index in [1.165, 1.54) is 0 Å². The maximum atomic E-state index is 12.1. The fourth-order valence-electron chi connectivity index (χ4n) is 2.25. The van der Waals surface area contributed by atoms with Crippen LogP contribution in [0.3, 0.4) is 0 Å². The first kappa shape index (κ1) is 16.2. The normalized spacial score (nSPS) is 10.8. The van der Waals surface area contributed by atoms with E-state index in [2.05, 4.69) is 25.6 Å². The molecule has 0 aliphatic rings. The Labute approximate surface area is 143 Å². The van der Waals surface area contributed by atoms with Crippen molar-refractivity contribution in [3.8, 4) is 0 Å². The van der Waals surface area contributed by atoms with Crippen LogP contribution in [-0.2, 0) is 0 Å². The Balaban J connectivity index is 1.61. The van der Waals surface area contributed by atoms with E-state index in [-0.39, 0.29) is 5.91 Å². The van der Waals surface area contributed by atoms with Gasteiger partial charge in [-0.25, -0.2) is 9.97 Å². The highest BCUT2D eigenvalue weighted by Crippen LogP contribution is 2.20. The van der Waals surface area contributed by atoms with Crippen molar-refractivity contribution in [2.75, 3.05) is 18.4 Å². The molecule has 0 unspecified atom stereocenters. The highest BCUT2D eigenvalue weighted by atomic mass is 35.5. The standard InChI is InChI=1S/C16H16ClN5O2/c1-9-20-14(13-16(21-9)24-10(2)22-13)18-7-8-19-15(23)11-5-3-4-6-12(11)17/h3-6H,7-8H2,1-2H3,(H,19,23)(H,18,20,21). The summed E-state index contributed by atoms with van der Waals surface area (Å²) in [5.41, 5.74) is 1.48. The fourth-order valence-corrected chi connectivity index (χ4v) is 2.48. The lowest BCUT2D eigenvalue weighted by Gasteiger charge is -2.08. The molecule has 1 aromatic carbocycles. The Morgan fingerprint density at radius 1 is 1.17 bits per heavy atom. The third kappa shape index (κ3) is 3.46. The second-order valence-electron chi connectivity index (χ2n) is 5.17. The van der Waals surface area contributed by atoms with Gasteiger partial charge in [0.2, 0.25) is 0 Å². The lowest BCUT2D eigenvalue weighted by atomic mass is 10.2. The van der Waals surface area contributed by atoms with E-state index in [0.717, 1.165) is 0 Å². The SMILES string of the molecule is Cc1nc(NCCNC(=O)c2ccccc2Cl)c2nc(C)oc2n1. The number of halogens is 1. The van der Waals surface area contributed by atoms with Crippen molar-refractivity contribution >= 4 is 34.6 Å². The van der Waals surface area contributed by atoms with Gasteiger partial charge in [-0.3, -0.25) is 4.79 Å². The first-order chi connectivity index (χ1) is 11.5. The van der Waals surface area contributed by atoms with E-state index in [9.17, 15) is 4.79 Å². The monoisotopic (exact) mass is 345 g/mol. The van der Waals surface area contributed by atoms with Crippen molar-refractivity contribution in [2.24, 2.45) is 0 Å². The highest BCUT2D eigenvalue weighted by molar-refractivity contribution is 6.33. The summed E-state index contributed by atoms with van der Waals surface area (Å²) in [5.74, 6) is 1.48. The number of hydrogen-bond donors (Lipinski definition) is 2. The van der Waals surface area contributed by atoms with Crippen molar-refractivity contribution < 1.29 is 9.21 Å². The summed E-state index contributed by atoms with van der Waals surface area (Å²) >= 11 is 6.00. The zero-order valence-corrected chi connectivity index (χ0v) is 14.0. The van der Waals surface area contributed by atoms with Crippen molar-refractivity contribution in [1.29, 1.82) is 0 Å². The summed E-state index contributed by atoms with van der Waals surface area (Å²) in [4.78, 5) is 24.9. The summed E-state index contributed by atoms with van der Waals surface area (Å²) in [6.45, 7) is 4.42. The Morgan fingerprint density at radius 3 is 2.75 bits per heavy atom. The summed E-state index contributed by atoms with van der Waals surface area (Å²) < 4.78 is 5.42. The molecule has 0 fully saturated rings. The molecule has 0 aliphatic carbocycles. The van der Waals surface area contributed by atoms with Gasteiger partial charge in [0.1, 0.15) is 5.82 Å². The number of aryl methyl sites for hydroxylation is 2. The van der Waals surface area contributed by atoms with Crippen LogP contribution in [0.4, 0.5) is 5.82 Å². The van der Waals surface area contributed by atoms with Crippen LogP contribution in [0.5, 0.6) is 0 Å². The van der Waals surface area contributed by atoms with Crippen LogP contribution in [0.25, 0.3) is 11.2 Å². The van der Waals surface area contributed by atoms with Gasteiger partial charge in [-0.1, -0.05) is 23.7 Å². The number of carbonyl (C=O) groups excluding carboxylic acids is 1. The molecule has 3 aromatic rings. The highest BCUT2D eigenvalue weighted by Gasteiger charge is 2.12. The molecular formula is C16H16ClN5O2. The molecule has 2 aromatic heterocycles. The maximum Gasteiger partial charge on any atom is 0.252 e. The predicted molar refractivity (Wildman–Crippen MR) is 91.3 cm³/mol. The largest absolute Gasteiger partial charge is 0.422 e. The van der Waals surface area contributed by atoms with Gasteiger partial charge in [-0.2, -0.15) is 4.98 Å². The van der Waals surface area contributed by atoms with Crippen molar-refractivity contribution in [3.63, 3.8) is 0 Å². The molecule has 124 valence electrons. The van der Waals surface area contributed by atoms with Gasteiger partial charge in [0.05, 0.1) is 10.6 Å². The summed E-state index contributed by atoms with van der Waals surface area (Å²) in [6.07, 6.45) is 0. The second-order valence-corrected chi connectivity index (χ2v) is 5.58. The van der Waals surface area contributed by atoms with Crippen LogP contribution in [0, 0.1) is 13.8 Å². The molecule has 7 nitrogen and oxygen atoms in total. The zero-order chi connectivity index (χ0) is 17.1. The Kier molecular flexibility index (Phi) is 4.61. The number of benzene rings is 1. The molecule has 0 saturated carbocycles. The van der Waals surface area contributed by atoms with Crippen LogP contribution >= 0.6 is 11.6 Å². The first-order valence-electron chi connectivity index (χ1n) is 7.43. The van der Waals surface area contributed by atoms with E-state index in [4.69, 9.17) is 16.0 Å². The third-order valence-electron chi connectivity index (χ3n) is 3.30. The zero-order valence-electron chi connectivity index (χ0n) is 13.3. The van der Waals surface area contributed by atoms with Gasteiger partial charge in [-0.05, 0) is 19.1 Å². The first-order valence-corrected chi connectivity index (χ1v) is 7.81. The smallest absolute Gasteiger partial charge is 0.252 e. The molecule has 3 rings (SSSR count). The molecule has 0 saturated heterocycles. The number of carbonyl (C=O) groups is 1. The van der Waals surface area contributed by atoms with Gasteiger partial charge < -0.3 is 15.1 Å². The van der Waals surface area contributed by atoms with Gasteiger partial charge >= 0.3 is 0 Å². The third-order valence-corrected chi connectivity index (χ3v) is 3.63. The topological polar surface area (TPSA) is 92.9 Å². The number of nitrogens with one attached hydrogen (secondary N) is 2. The quantitative estimate of drug-likeness (QED) is 0.691. The molecule has 2 heterocycles. The predicted octanol–water partition coefficient (Wildman–Crippen LogP) is 2.73. The van der Waals surface area contributed by atoms with Gasteiger partial charge in [0, 0.05) is 20.0 Å². The molecular weight excluding hydrogens is 330 g/mol. The van der Waals surface area contributed by atoms with E-state index in [1.54, 1.807) is 38.1 Å². The number of rotatable bonds is 5. The van der Waals surface area contributed by atoms with Gasteiger partial charge in [-0.15, -0.1) is 0 Å². The molecule has 0 spiro atoms. The summed E-state index contributed by atoms with van der Waals surface area (Å²) in [6, 6.07) is 6.91. The number of aromatic nitrogens is 3. The van der Waals surface area contributed by atoms with Crippen LogP contribution in [-0.4, -0.2) is 33.9 Å². The summed E-state index contributed by atoms with van der Waals surface area (Å²) in [7, 11) is 0. The fraction of sp³-hybridized carbons (Fsp3) is 0.250. The number of fused-ring (bicyclic) bond motifs is 1. The average molecular weight is 346 g/mol. The van der Waals surface area contributed by atoms with E-state index in [1.807, 2.05) is 0 Å². The number of amides is 1. The van der Waals surface area contributed by atoms with Crippen molar-refractivity contribution in [3.05, 3.63) is 46.6 Å². The minimum absolute atomic E-state index is 0.219. The summed E-state index contributed by atoms with van der Waals surface area (Å²) in [5, 5.41) is 6.37. The van der Waals surface area contributed by atoms with E-state index in [0.29, 0.717) is 52.4 Å². The van der Waals surface area contributed by atoms with Gasteiger partial charge in [0.25, 0.3) is 11.6 Å². The van der Waals surface area contributed by atoms with Crippen LogP contribution < -0.4 is 10.6 Å². The number of anilines is 1. The average Bonchev–Trinajstić information content (AvgIpc) is 2.91. The van der Waals surface area contributed by atoms with Crippen LogP contribution in [0.1, 0.15) is 22.1 Å². The minimum Gasteiger partial charge on any atom is -0.422 e. The van der Waals surface area contributed by atoms with Crippen molar-refractivity contribution in [1.82, 2.24) is 20.3 Å². The molecule has 24 heavy (non-hydrogen) atoms. The van der Waals surface area contributed by atoms with E-state index < -0.39 is 0 Å². The molecule has 1 amide bonds. The van der Waals surface area contributed by atoms with Crippen LogP contribution in [0.15, 0.2) is 28.7 Å². The molecule has 0 atom stereocenters. The van der Waals surface area contributed by atoms with Gasteiger partial charge in [0.15, 0.2) is 17.2 Å². The molecule has 8 heteroatoms. The van der Waals surface area contributed by atoms with Crippen molar-refractivity contribution in [2.45, 2.75) is 13.8 Å². The second kappa shape index (κ2) is 6.84. The van der Waals surface area contributed by atoms with E-state index >= 15 is 0 Å². The lowest BCUT2D eigenvalue weighted by Crippen LogP contribution is -2.29. The molecule has 2 N–H and O–H groups in total. The lowest BCUT2D eigenvalue weighted by molar-refractivity contribution is 0.0955. The minimum atomic E-state index is -0.219. The maximum absolute atomic E-state index is 12.1. The Bertz CT molecular complexity index is 893. The number of oxazole rings is 1. The number of nitrogens with zero attached hydrogens (tertiary/aromatic N) is 3. The molecule has 0 radical (unpaired) electrons. The molecule has 0 aliphatic heterocycles. The molecule has 0 bridgehead atoms. The number of hydrogen-bond acceptors (Lipinski definition) is 6. The van der Waals surface area contributed by atoms with Crippen LogP contribution in [0.2, 0.25) is 5.02 Å². The Hall–Kier alpha value is -2.67. The Morgan fingerprint density at radius 2 is 1.96 bits per heavy atom.